The fourth-order valence-electron chi connectivity index (χ4n) is 3.19. The van der Waals surface area contributed by atoms with Crippen LogP contribution >= 0.6 is 15.9 Å². The molecule has 0 radical (unpaired) electrons. The molecule has 1 fully saturated rings. The minimum Gasteiger partial charge on any atom is -0.299 e. The molecule has 4 nitrogen and oxygen atoms in total. The van der Waals surface area contributed by atoms with Gasteiger partial charge in [0.05, 0.1) is 6.21 Å². The predicted molar refractivity (Wildman–Crippen MR) is 109 cm³/mol. The third-order valence-corrected chi connectivity index (χ3v) is 5.37. The largest absolute Gasteiger partial charge is 0.299 e. The summed E-state index contributed by atoms with van der Waals surface area (Å²) in [6.07, 6.45) is 3.47. The van der Waals surface area contributed by atoms with E-state index in [1.54, 1.807) is 6.21 Å². The molecule has 1 saturated heterocycles. The highest BCUT2D eigenvalue weighted by Crippen LogP contribution is 2.20. The number of piperidine rings is 1. The number of carbonyl (C=O) groups is 1. The Bertz CT molecular complexity index is 765. The first-order chi connectivity index (χ1) is 12.6. The molecule has 1 N–H and O–H groups in total. The molecular formula is C21H24BrN3O. The lowest BCUT2D eigenvalue weighted by molar-refractivity contribution is -0.126. The lowest BCUT2D eigenvalue weighted by Gasteiger charge is -2.30. The van der Waals surface area contributed by atoms with Crippen LogP contribution in [0.25, 0.3) is 0 Å². The summed E-state index contributed by atoms with van der Waals surface area (Å²) in [5, 5.41) is 4.13. The van der Waals surface area contributed by atoms with E-state index in [0.717, 1.165) is 48.1 Å². The van der Waals surface area contributed by atoms with E-state index < -0.39 is 0 Å². The van der Waals surface area contributed by atoms with Crippen LogP contribution in [0.4, 0.5) is 0 Å². The molecule has 136 valence electrons. The van der Waals surface area contributed by atoms with Crippen molar-refractivity contribution in [1.29, 1.82) is 0 Å². The molecule has 2 aromatic carbocycles. The standard InChI is InChI=1S/C21H24BrN3O/c1-16-4-2-3-5-19(16)14-23-24-21(26)18-10-12-25(13-11-18)15-17-6-8-20(22)9-7-17/h2-9,14,18H,10-13,15H2,1H3,(H,24,26). The number of nitrogens with one attached hydrogen (secondary N) is 1. The van der Waals surface area contributed by atoms with Crippen LogP contribution in [0.1, 0.15) is 29.5 Å². The van der Waals surface area contributed by atoms with Gasteiger partial charge < -0.3 is 0 Å². The van der Waals surface area contributed by atoms with Gasteiger partial charge in [-0.25, -0.2) is 5.43 Å². The second-order valence-electron chi connectivity index (χ2n) is 6.77. The number of amides is 1. The molecule has 0 saturated carbocycles. The number of benzene rings is 2. The van der Waals surface area contributed by atoms with Gasteiger partial charge in [0.1, 0.15) is 0 Å². The molecule has 0 aromatic heterocycles. The van der Waals surface area contributed by atoms with Crippen LogP contribution in [0.2, 0.25) is 0 Å². The summed E-state index contributed by atoms with van der Waals surface area (Å²) < 4.78 is 1.10. The fourth-order valence-corrected chi connectivity index (χ4v) is 3.45. The van der Waals surface area contributed by atoms with Gasteiger partial charge in [0.2, 0.25) is 5.91 Å². The van der Waals surface area contributed by atoms with Crippen molar-refractivity contribution in [2.75, 3.05) is 13.1 Å². The maximum atomic E-state index is 12.3. The smallest absolute Gasteiger partial charge is 0.243 e. The molecule has 0 spiro atoms. The number of rotatable bonds is 5. The van der Waals surface area contributed by atoms with Crippen molar-refractivity contribution in [2.45, 2.75) is 26.3 Å². The quantitative estimate of drug-likeness (QED) is 0.591. The maximum absolute atomic E-state index is 12.3. The van der Waals surface area contributed by atoms with Gasteiger partial charge in [-0.2, -0.15) is 5.10 Å². The number of nitrogens with zero attached hydrogens (tertiary/aromatic N) is 2. The van der Waals surface area contributed by atoms with E-state index in [1.807, 2.05) is 31.2 Å². The van der Waals surface area contributed by atoms with Gasteiger partial charge in [0, 0.05) is 16.9 Å². The Labute approximate surface area is 163 Å². The topological polar surface area (TPSA) is 44.7 Å². The summed E-state index contributed by atoms with van der Waals surface area (Å²) in [5.74, 6) is 0.0725. The van der Waals surface area contributed by atoms with Gasteiger partial charge in [-0.1, -0.05) is 52.3 Å². The number of aryl methyl sites for hydroxylation is 1. The highest BCUT2D eigenvalue weighted by molar-refractivity contribution is 9.10. The second kappa shape index (κ2) is 9.10. The van der Waals surface area contributed by atoms with Crippen LogP contribution < -0.4 is 5.43 Å². The van der Waals surface area contributed by atoms with E-state index in [0.29, 0.717) is 0 Å². The van der Waals surface area contributed by atoms with Gasteiger partial charge in [0.15, 0.2) is 0 Å². The minimum atomic E-state index is 0.0260. The van der Waals surface area contributed by atoms with Gasteiger partial charge in [-0.3, -0.25) is 9.69 Å². The molecule has 0 atom stereocenters. The van der Waals surface area contributed by atoms with E-state index in [4.69, 9.17) is 0 Å². The van der Waals surface area contributed by atoms with Crippen LogP contribution in [-0.4, -0.2) is 30.1 Å². The summed E-state index contributed by atoms with van der Waals surface area (Å²) in [6.45, 7) is 4.85. The zero-order chi connectivity index (χ0) is 18.4. The van der Waals surface area contributed by atoms with Crippen LogP contribution in [0, 0.1) is 12.8 Å². The Morgan fingerprint density at radius 3 is 2.58 bits per heavy atom. The lowest BCUT2D eigenvalue weighted by Crippen LogP contribution is -2.39. The van der Waals surface area contributed by atoms with Crippen molar-refractivity contribution in [3.63, 3.8) is 0 Å². The molecule has 0 bridgehead atoms. The van der Waals surface area contributed by atoms with E-state index in [-0.39, 0.29) is 11.8 Å². The number of hydrazone groups is 1. The van der Waals surface area contributed by atoms with Crippen molar-refractivity contribution < 1.29 is 4.79 Å². The Morgan fingerprint density at radius 2 is 1.88 bits per heavy atom. The maximum Gasteiger partial charge on any atom is 0.243 e. The SMILES string of the molecule is Cc1ccccc1C=NNC(=O)C1CCN(Cc2ccc(Br)cc2)CC1. The van der Waals surface area contributed by atoms with E-state index in [1.165, 1.54) is 5.56 Å². The first-order valence-corrected chi connectivity index (χ1v) is 9.76. The predicted octanol–water partition coefficient (Wildman–Crippen LogP) is 4.12. The number of carbonyl (C=O) groups excluding carboxylic acids is 1. The van der Waals surface area contributed by atoms with Gasteiger partial charge in [0.25, 0.3) is 0 Å². The third-order valence-electron chi connectivity index (χ3n) is 4.84. The molecule has 0 unspecified atom stereocenters. The van der Waals surface area contributed by atoms with Crippen molar-refractivity contribution in [3.8, 4) is 0 Å². The number of hydrogen-bond donors (Lipinski definition) is 1. The Kier molecular flexibility index (Phi) is 6.58. The van der Waals surface area contributed by atoms with Gasteiger partial charge in [-0.15, -0.1) is 0 Å². The van der Waals surface area contributed by atoms with Gasteiger partial charge >= 0.3 is 0 Å². The normalized spacial score (nSPS) is 16.1. The van der Waals surface area contributed by atoms with E-state index >= 15 is 0 Å². The van der Waals surface area contributed by atoms with Crippen molar-refractivity contribution in [1.82, 2.24) is 10.3 Å². The average Bonchev–Trinajstić information content (AvgIpc) is 2.66. The number of hydrogen-bond acceptors (Lipinski definition) is 3. The van der Waals surface area contributed by atoms with Crippen LogP contribution in [0.15, 0.2) is 58.1 Å². The summed E-state index contributed by atoms with van der Waals surface area (Å²) >= 11 is 3.46. The van der Waals surface area contributed by atoms with Crippen LogP contribution in [-0.2, 0) is 11.3 Å². The highest BCUT2D eigenvalue weighted by atomic mass is 79.9. The minimum absolute atomic E-state index is 0.0260. The molecular weight excluding hydrogens is 390 g/mol. The number of halogens is 1. The Morgan fingerprint density at radius 1 is 1.19 bits per heavy atom. The molecule has 0 aliphatic carbocycles. The molecule has 1 aliphatic rings. The Balaban J connectivity index is 1.44. The zero-order valence-electron chi connectivity index (χ0n) is 15.0. The fraction of sp³-hybridized carbons (Fsp3) is 0.333. The molecule has 2 aromatic rings. The first kappa shape index (κ1) is 18.8. The van der Waals surface area contributed by atoms with Crippen molar-refractivity contribution in [2.24, 2.45) is 11.0 Å². The van der Waals surface area contributed by atoms with E-state index in [2.05, 4.69) is 55.6 Å². The Hall–Kier alpha value is -1.98. The molecule has 3 rings (SSSR count). The molecule has 1 aliphatic heterocycles. The first-order valence-electron chi connectivity index (χ1n) is 8.97. The zero-order valence-corrected chi connectivity index (χ0v) is 16.6. The average molecular weight is 414 g/mol. The van der Waals surface area contributed by atoms with Gasteiger partial charge in [-0.05, 0) is 61.7 Å². The summed E-state index contributed by atoms with van der Waals surface area (Å²) in [7, 11) is 0. The molecule has 26 heavy (non-hydrogen) atoms. The monoisotopic (exact) mass is 413 g/mol. The van der Waals surface area contributed by atoms with E-state index in [9.17, 15) is 4.79 Å². The van der Waals surface area contributed by atoms with Crippen molar-refractivity contribution >= 4 is 28.1 Å². The summed E-state index contributed by atoms with van der Waals surface area (Å²) in [5.41, 5.74) is 6.18. The van der Waals surface area contributed by atoms with Crippen LogP contribution in [0.5, 0.6) is 0 Å². The van der Waals surface area contributed by atoms with Crippen molar-refractivity contribution in [3.05, 3.63) is 69.7 Å². The summed E-state index contributed by atoms with van der Waals surface area (Å²) in [6, 6.07) is 16.4. The number of likely N-dealkylation sites (tertiary alicyclic amines) is 1. The molecule has 1 heterocycles. The lowest BCUT2D eigenvalue weighted by atomic mass is 9.96. The van der Waals surface area contributed by atoms with Crippen LogP contribution in [0.3, 0.4) is 0 Å². The second-order valence-corrected chi connectivity index (χ2v) is 7.68. The summed E-state index contributed by atoms with van der Waals surface area (Å²) in [4.78, 5) is 14.7. The highest BCUT2D eigenvalue weighted by Gasteiger charge is 2.24. The molecule has 1 amide bonds. The third kappa shape index (κ3) is 5.26. The molecule has 5 heteroatoms.